The van der Waals surface area contributed by atoms with Gasteiger partial charge in [-0.05, 0) is 16.8 Å². The second-order valence-electron chi connectivity index (χ2n) is 12.3. The van der Waals surface area contributed by atoms with Crippen molar-refractivity contribution in [1.82, 2.24) is 5.09 Å². The van der Waals surface area contributed by atoms with Crippen LogP contribution in [-0.2, 0) is 25.4 Å². The highest BCUT2D eigenvalue weighted by atomic mass is 32.4. The minimum atomic E-state index is -3.79. The number of rotatable bonds is 6. The predicted molar refractivity (Wildman–Crippen MR) is 188 cm³/mol. The van der Waals surface area contributed by atoms with Crippen LogP contribution in [0.3, 0.4) is 0 Å². The Morgan fingerprint density at radius 2 is 1.36 bits per heavy atom. The summed E-state index contributed by atoms with van der Waals surface area (Å²) in [4.78, 5) is 0. The molecule has 2 heterocycles. The zero-order chi connectivity index (χ0) is 31.1. The van der Waals surface area contributed by atoms with Gasteiger partial charge in [0, 0.05) is 39.6 Å². The van der Waals surface area contributed by atoms with Crippen LogP contribution in [-0.4, -0.2) is 13.2 Å². The zero-order valence-electron chi connectivity index (χ0n) is 25.3. The second-order valence-corrected chi connectivity index (χ2v) is 18.4. The molecule has 0 aliphatic carbocycles. The topological polar surface area (TPSA) is 56.8 Å². The molecule has 5 nitrogen and oxygen atoms in total. The fourth-order valence-corrected chi connectivity index (χ4v) is 11.9. The molecular weight excluding hydrogens is 616 g/mol. The summed E-state index contributed by atoms with van der Waals surface area (Å²) in [6.07, 6.45) is -2.10. The van der Waals surface area contributed by atoms with E-state index in [9.17, 15) is 4.57 Å². The van der Waals surface area contributed by atoms with Gasteiger partial charge < -0.3 is 13.8 Å². The van der Waals surface area contributed by atoms with E-state index in [2.05, 4.69) is 61.4 Å². The lowest BCUT2D eigenvalue weighted by atomic mass is 9.97. The molecule has 5 aromatic carbocycles. The highest BCUT2D eigenvalue weighted by molar-refractivity contribution is 8.20. The van der Waals surface area contributed by atoms with Gasteiger partial charge in [0.05, 0.1) is 19.4 Å². The first-order chi connectivity index (χ1) is 21.8. The molecule has 8 heteroatoms. The molecule has 0 aromatic heterocycles. The van der Waals surface area contributed by atoms with E-state index in [4.69, 9.17) is 25.6 Å². The molecule has 1 saturated heterocycles. The van der Waals surface area contributed by atoms with Crippen LogP contribution in [0.1, 0.15) is 37.4 Å². The number of ether oxygens (including phenoxy) is 1. The van der Waals surface area contributed by atoms with Crippen LogP contribution in [0.15, 0.2) is 133 Å². The molecular formula is C37H35NO4P2S. The summed E-state index contributed by atoms with van der Waals surface area (Å²) >= 11 is 6.62. The Kier molecular flexibility index (Phi) is 8.16. The molecule has 2 aliphatic heterocycles. The standard InChI is InChI=1S/C37H35NO4P2S/c1-37(2)25-40-44(39,41-26-37)36(31-22-13-15-27-14-9-10-20-30(27)31)35-24-33(32-21-11-12-23-34(32)42-35)38-43(45,28-16-5-3-6-17-28)29-18-7-4-8-19-29/h3-23,33H,24-26H2,1-2H3,(H,38,45)/b36-35-. The third-order valence-corrected chi connectivity index (χ3v) is 14.6. The normalized spacial score (nSPS) is 20.2. The predicted octanol–water partition coefficient (Wildman–Crippen LogP) is 8.93. The zero-order valence-corrected chi connectivity index (χ0v) is 27.9. The van der Waals surface area contributed by atoms with E-state index in [1.807, 2.05) is 84.9 Å². The Labute approximate surface area is 269 Å². The second kappa shape index (κ2) is 12.1. The third-order valence-electron chi connectivity index (χ3n) is 8.33. The summed E-state index contributed by atoms with van der Waals surface area (Å²) in [5, 5.41) is 8.58. The van der Waals surface area contributed by atoms with Gasteiger partial charge in [-0.15, -0.1) is 0 Å². The monoisotopic (exact) mass is 651 g/mol. The van der Waals surface area contributed by atoms with Crippen LogP contribution in [0.25, 0.3) is 16.1 Å². The van der Waals surface area contributed by atoms with Crippen molar-refractivity contribution >= 4 is 52.3 Å². The van der Waals surface area contributed by atoms with Crippen molar-refractivity contribution < 1.29 is 18.3 Å². The van der Waals surface area contributed by atoms with Gasteiger partial charge in [-0.25, -0.2) is 0 Å². The van der Waals surface area contributed by atoms with Crippen LogP contribution >= 0.6 is 13.8 Å². The fourth-order valence-electron chi connectivity index (χ4n) is 5.99. The van der Waals surface area contributed by atoms with Gasteiger partial charge in [-0.2, -0.15) is 0 Å². The molecule has 1 atom stereocenters. The molecule has 45 heavy (non-hydrogen) atoms. The molecule has 1 unspecified atom stereocenters. The molecule has 1 N–H and O–H groups in total. The Hall–Kier alpha value is -3.34. The number of hydrogen-bond donors (Lipinski definition) is 1. The third kappa shape index (κ3) is 5.88. The van der Waals surface area contributed by atoms with Gasteiger partial charge in [-0.3, -0.25) is 9.65 Å². The molecule has 5 aromatic rings. The van der Waals surface area contributed by atoms with Gasteiger partial charge in [0.1, 0.15) is 16.8 Å². The van der Waals surface area contributed by atoms with E-state index in [1.165, 1.54) is 0 Å². The van der Waals surface area contributed by atoms with Gasteiger partial charge in [-0.1, -0.05) is 147 Å². The van der Waals surface area contributed by atoms with Crippen molar-refractivity contribution in [1.29, 1.82) is 0 Å². The maximum absolute atomic E-state index is 14.9. The molecule has 228 valence electrons. The first-order valence-electron chi connectivity index (χ1n) is 15.1. The number of benzene rings is 5. The minimum absolute atomic E-state index is 0.228. The van der Waals surface area contributed by atoms with E-state index in [0.29, 0.717) is 36.5 Å². The molecule has 0 amide bonds. The Morgan fingerprint density at radius 1 is 0.778 bits per heavy atom. The van der Waals surface area contributed by atoms with Crippen molar-refractivity contribution in [2.45, 2.75) is 26.3 Å². The Morgan fingerprint density at radius 3 is 2.04 bits per heavy atom. The number of para-hydroxylation sites is 1. The summed E-state index contributed by atoms with van der Waals surface area (Å²) in [6.45, 7) is 4.73. The molecule has 0 radical (unpaired) electrons. The van der Waals surface area contributed by atoms with Gasteiger partial charge in [0.25, 0.3) is 0 Å². The van der Waals surface area contributed by atoms with Crippen molar-refractivity contribution in [3.63, 3.8) is 0 Å². The Balaban J connectivity index is 1.42. The summed E-state index contributed by atoms with van der Waals surface area (Å²) in [5.74, 6) is 1.26. The lowest BCUT2D eigenvalue weighted by Crippen LogP contribution is -2.33. The summed E-state index contributed by atoms with van der Waals surface area (Å²) in [7, 11) is -3.79. The quantitative estimate of drug-likeness (QED) is 0.185. The van der Waals surface area contributed by atoms with E-state index < -0.39 is 13.8 Å². The smallest absolute Gasteiger partial charge is 0.365 e. The fraction of sp³-hybridized carbons (Fsp3) is 0.189. The maximum Gasteiger partial charge on any atom is 0.365 e. The largest absolute Gasteiger partial charge is 0.460 e. The molecule has 2 aliphatic rings. The summed E-state index contributed by atoms with van der Waals surface area (Å²) in [5.41, 5.74) is 1.53. The van der Waals surface area contributed by atoms with Crippen molar-refractivity contribution in [3.8, 4) is 5.75 Å². The van der Waals surface area contributed by atoms with Crippen molar-refractivity contribution in [3.05, 3.63) is 144 Å². The molecule has 0 bridgehead atoms. The average molecular weight is 652 g/mol. The van der Waals surface area contributed by atoms with Crippen LogP contribution in [0, 0.1) is 5.41 Å². The van der Waals surface area contributed by atoms with Gasteiger partial charge in [0.2, 0.25) is 0 Å². The van der Waals surface area contributed by atoms with E-state index >= 15 is 0 Å². The SMILES string of the molecule is CC1(C)COP(=O)(/C(=C2/CC(NP(=S)(c3ccccc3)c3ccccc3)c3ccccc3O2)c2cccc3ccccc23)OC1. The lowest BCUT2D eigenvalue weighted by Gasteiger charge is -2.38. The average Bonchev–Trinajstić information content (AvgIpc) is 3.07. The van der Waals surface area contributed by atoms with Gasteiger partial charge >= 0.3 is 7.60 Å². The van der Waals surface area contributed by atoms with Crippen LogP contribution < -0.4 is 20.4 Å². The van der Waals surface area contributed by atoms with Crippen molar-refractivity contribution in [2.75, 3.05) is 13.2 Å². The first-order valence-corrected chi connectivity index (χ1v) is 19.5. The van der Waals surface area contributed by atoms with Crippen molar-refractivity contribution in [2.24, 2.45) is 5.41 Å². The summed E-state index contributed by atoms with van der Waals surface area (Å²) < 4.78 is 34.1. The van der Waals surface area contributed by atoms with Gasteiger partial charge in [0.15, 0.2) is 0 Å². The molecule has 0 saturated carbocycles. The molecule has 7 rings (SSSR count). The molecule has 1 fully saturated rings. The lowest BCUT2D eigenvalue weighted by molar-refractivity contribution is 0.0465. The summed E-state index contributed by atoms with van der Waals surface area (Å²) in [6, 6.07) is 42.5. The molecule has 0 spiro atoms. The number of fused-ring (bicyclic) bond motifs is 2. The highest BCUT2D eigenvalue weighted by Gasteiger charge is 2.44. The Bertz CT molecular complexity index is 1930. The first kappa shape index (κ1) is 30.3. The van der Waals surface area contributed by atoms with Crippen LogP contribution in [0.2, 0.25) is 0 Å². The number of hydrogen-bond acceptors (Lipinski definition) is 5. The highest BCUT2D eigenvalue weighted by Crippen LogP contribution is 2.66. The van der Waals surface area contributed by atoms with E-state index in [0.717, 1.165) is 32.5 Å². The number of nitrogens with one attached hydrogen (secondary N) is 1. The minimum Gasteiger partial charge on any atom is -0.460 e. The maximum atomic E-state index is 14.9. The van der Waals surface area contributed by atoms with Crippen LogP contribution in [0.5, 0.6) is 5.75 Å². The van der Waals surface area contributed by atoms with E-state index in [1.54, 1.807) is 0 Å². The van der Waals surface area contributed by atoms with Crippen LogP contribution in [0.4, 0.5) is 0 Å². The van der Waals surface area contributed by atoms with E-state index in [-0.39, 0.29) is 11.5 Å².